The molecule has 6 rings (SSSR count). The molecular weight excluding hydrogens is 472 g/mol. The smallest absolute Gasteiger partial charge is 0.273 e. The summed E-state index contributed by atoms with van der Waals surface area (Å²) in [7, 11) is 1.69. The topological polar surface area (TPSA) is 115 Å². The summed E-state index contributed by atoms with van der Waals surface area (Å²) < 4.78 is 8.18. The number of nitrogens with zero attached hydrogens (tertiary/aromatic N) is 5. The lowest BCUT2D eigenvalue weighted by molar-refractivity contribution is -0.117. The van der Waals surface area contributed by atoms with Crippen LogP contribution in [0.2, 0.25) is 0 Å². The predicted octanol–water partition coefficient (Wildman–Crippen LogP) is 2.99. The summed E-state index contributed by atoms with van der Waals surface area (Å²) in [5, 5.41) is 8.31. The van der Waals surface area contributed by atoms with Crippen LogP contribution in [0.3, 0.4) is 0 Å². The zero-order valence-electron chi connectivity index (χ0n) is 19.8. The van der Waals surface area contributed by atoms with E-state index in [0.717, 1.165) is 22.2 Å². The van der Waals surface area contributed by atoms with Gasteiger partial charge in [0.15, 0.2) is 12.1 Å². The van der Waals surface area contributed by atoms with Gasteiger partial charge in [0.1, 0.15) is 6.26 Å². The van der Waals surface area contributed by atoms with Gasteiger partial charge in [-0.15, -0.1) is 0 Å². The van der Waals surface area contributed by atoms with Crippen molar-refractivity contribution in [3.8, 4) is 5.69 Å². The van der Waals surface area contributed by atoms with Gasteiger partial charge in [0.05, 0.1) is 29.5 Å². The van der Waals surface area contributed by atoms with E-state index in [-0.39, 0.29) is 23.6 Å². The van der Waals surface area contributed by atoms with Gasteiger partial charge in [-0.2, -0.15) is 5.10 Å². The minimum Gasteiger partial charge on any atom is -0.451 e. The molecule has 1 N–H and O–H groups in total. The Kier molecular flexibility index (Phi) is 5.41. The normalized spacial score (nSPS) is 17.4. The van der Waals surface area contributed by atoms with Crippen LogP contribution in [0, 0.1) is 0 Å². The van der Waals surface area contributed by atoms with Crippen LogP contribution in [0.5, 0.6) is 0 Å². The Morgan fingerprint density at radius 1 is 1.05 bits per heavy atom. The molecule has 0 aliphatic carbocycles. The molecule has 0 radical (unpaired) electrons. The van der Waals surface area contributed by atoms with E-state index in [1.807, 2.05) is 48.5 Å². The van der Waals surface area contributed by atoms with Gasteiger partial charge in [-0.25, -0.2) is 9.67 Å². The van der Waals surface area contributed by atoms with E-state index in [1.165, 1.54) is 23.3 Å². The Morgan fingerprint density at radius 3 is 2.62 bits per heavy atom. The van der Waals surface area contributed by atoms with Gasteiger partial charge in [0, 0.05) is 36.8 Å². The summed E-state index contributed by atoms with van der Waals surface area (Å²) in [5.41, 5.74) is 3.24. The number of oxazole rings is 1. The van der Waals surface area contributed by atoms with Gasteiger partial charge < -0.3 is 19.2 Å². The molecule has 1 saturated heterocycles. The molecule has 1 fully saturated rings. The summed E-state index contributed by atoms with van der Waals surface area (Å²) in [6, 6.07) is 17.6. The predicted molar refractivity (Wildman–Crippen MR) is 135 cm³/mol. The lowest BCUT2D eigenvalue weighted by Gasteiger charge is -2.29. The van der Waals surface area contributed by atoms with E-state index in [1.54, 1.807) is 35.1 Å². The van der Waals surface area contributed by atoms with Gasteiger partial charge in [-0.3, -0.25) is 14.4 Å². The molecule has 1 aliphatic rings. The first-order valence-corrected chi connectivity index (χ1v) is 11.7. The molecule has 10 heteroatoms. The highest BCUT2D eigenvalue weighted by Gasteiger charge is 2.42. The second kappa shape index (κ2) is 8.90. The number of carbonyl (C=O) groups is 2. The third-order valence-corrected chi connectivity index (χ3v) is 6.59. The highest BCUT2D eigenvalue weighted by molar-refractivity contribution is 6.01. The van der Waals surface area contributed by atoms with Gasteiger partial charge in [0.2, 0.25) is 11.5 Å². The maximum Gasteiger partial charge on any atom is 0.273 e. The molecule has 2 amide bonds. The number of hydrogen-bond donors (Lipinski definition) is 1. The molecule has 10 nitrogen and oxygen atoms in total. The molecule has 2 atom stereocenters. The van der Waals surface area contributed by atoms with Crippen LogP contribution in [0.1, 0.15) is 28.5 Å². The number of amides is 2. The fourth-order valence-electron chi connectivity index (χ4n) is 4.85. The van der Waals surface area contributed by atoms with Gasteiger partial charge in [-0.1, -0.05) is 30.3 Å². The van der Waals surface area contributed by atoms with E-state index in [9.17, 15) is 14.4 Å². The minimum atomic E-state index is -0.469. The highest BCUT2D eigenvalue weighted by atomic mass is 16.3. The highest BCUT2D eigenvalue weighted by Crippen LogP contribution is 2.38. The number of aryl methyl sites for hydroxylation is 1. The molecule has 1 unspecified atom stereocenters. The Bertz CT molecular complexity index is 1670. The van der Waals surface area contributed by atoms with E-state index < -0.39 is 18.0 Å². The van der Waals surface area contributed by atoms with Crippen molar-refractivity contribution in [2.75, 3.05) is 4.90 Å². The minimum absolute atomic E-state index is 0.104. The van der Waals surface area contributed by atoms with Crippen LogP contribution >= 0.6 is 0 Å². The molecule has 0 spiro atoms. The molecule has 4 heterocycles. The number of fused-ring (bicyclic) bond motifs is 1. The number of carbonyl (C=O) groups excluding carboxylic acids is 2. The first-order chi connectivity index (χ1) is 18.0. The third kappa shape index (κ3) is 3.98. The number of benzene rings is 2. The van der Waals surface area contributed by atoms with Crippen LogP contribution in [0.4, 0.5) is 5.69 Å². The molecule has 0 saturated carbocycles. The largest absolute Gasteiger partial charge is 0.451 e. The number of hydrogen-bond acceptors (Lipinski definition) is 6. The second-order valence-corrected chi connectivity index (χ2v) is 8.91. The van der Waals surface area contributed by atoms with E-state index >= 15 is 0 Å². The Morgan fingerprint density at radius 2 is 1.86 bits per heavy atom. The molecule has 3 aromatic heterocycles. The van der Waals surface area contributed by atoms with Crippen LogP contribution in [-0.4, -0.2) is 37.2 Å². The fraction of sp³-hybridized carbons (Fsp3) is 0.148. The second-order valence-electron chi connectivity index (χ2n) is 8.91. The molecule has 1 aliphatic heterocycles. The first-order valence-electron chi connectivity index (χ1n) is 11.7. The van der Waals surface area contributed by atoms with Crippen LogP contribution < -0.4 is 15.8 Å². The summed E-state index contributed by atoms with van der Waals surface area (Å²) in [5.74, 6) is -0.507. The van der Waals surface area contributed by atoms with Crippen molar-refractivity contribution in [2.24, 2.45) is 7.05 Å². The number of rotatable bonds is 5. The molecule has 5 aromatic rings. The number of aromatic nitrogens is 4. The summed E-state index contributed by atoms with van der Waals surface area (Å²) in [4.78, 5) is 43.5. The van der Waals surface area contributed by atoms with Crippen molar-refractivity contribution >= 4 is 28.4 Å². The SMILES string of the molecule is Cn1cc(-n2ncc3cc(N4C(=O)CC(NC(=O)c5cocn5)[C@H]4c4ccccc4)ccc32)ccc1=O. The lowest BCUT2D eigenvalue weighted by Crippen LogP contribution is -2.40. The van der Waals surface area contributed by atoms with Crippen molar-refractivity contribution in [3.05, 3.63) is 107 Å². The van der Waals surface area contributed by atoms with Crippen LogP contribution in [0.15, 0.2) is 94.9 Å². The number of pyridine rings is 1. The molecule has 2 aromatic carbocycles. The average molecular weight is 495 g/mol. The van der Waals surface area contributed by atoms with E-state index in [0.29, 0.717) is 5.69 Å². The zero-order valence-corrected chi connectivity index (χ0v) is 19.8. The summed E-state index contributed by atoms with van der Waals surface area (Å²) in [6.07, 6.45) is 6.06. The van der Waals surface area contributed by atoms with Crippen molar-refractivity contribution < 1.29 is 14.0 Å². The van der Waals surface area contributed by atoms with Gasteiger partial charge >= 0.3 is 0 Å². The molecule has 37 heavy (non-hydrogen) atoms. The summed E-state index contributed by atoms with van der Waals surface area (Å²) >= 11 is 0. The Hall–Kier alpha value is -4.99. The van der Waals surface area contributed by atoms with Gasteiger partial charge in [-0.05, 0) is 29.8 Å². The Balaban J connectivity index is 1.38. The average Bonchev–Trinajstić information content (AvgIpc) is 3.65. The lowest BCUT2D eigenvalue weighted by atomic mass is 9.99. The molecule has 0 bridgehead atoms. The maximum atomic E-state index is 13.4. The van der Waals surface area contributed by atoms with E-state index in [4.69, 9.17) is 4.42 Å². The van der Waals surface area contributed by atoms with Crippen LogP contribution in [0.25, 0.3) is 16.6 Å². The van der Waals surface area contributed by atoms with E-state index in [2.05, 4.69) is 15.4 Å². The summed E-state index contributed by atoms with van der Waals surface area (Å²) in [6.45, 7) is 0. The zero-order chi connectivity index (χ0) is 25.5. The standard InChI is InChI=1S/C27H22N6O4/c1-31-14-20(8-10-24(31)34)33-23-9-7-19(11-18(23)13-29-33)32-25(35)12-21(26(32)17-5-3-2-4-6-17)30-27(36)22-15-37-16-28-22/h2-11,13-16,21,26H,12H2,1H3,(H,30,36)/t21?,26-/m1/s1. The first kappa shape index (κ1) is 22.5. The molecule has 184 valence electrons. The molecular formula is C27H22N6O4. The monoisotopic (exact) mass is 494 g/mol. The quantitative estimate of drug-likeness (QED) is 0.402. The van der Waals surface area contributed by atoms with Crippen molar-refractivity contribution in [3.63, 3.8) is 0 Å². The maximum absolute atomic E-state index is 13.4. The number of nitrogens with one attached hydrogen (secondary N) is 1. The van der Waals surface area contributed by atoms with Crippen molar-refractivity contribution in [1.82, 2.24) is 24.6 Å². The number of anilines is 1. The van der Waals surface area contributed by atoms with Crippen LogP contribution in [-0.2, 0) is 11.8 Å². The van der Waals surface area contributed by atoms with Gasteiger partial charge in [0.25, 0.3) is 5.91 Å². The fourth-order valence-corrected chi connectivity index (χ4v) is 4.85. The Labute approximate surface area is 210 Å². The van der Waals surface area contributed by atoms with Crippen molar-refractivity contribution in [1.29, 1.82) is 0 Å². The third-order valence-electron chi connectivity index (χ3n) is 6.59. The van der Waals surface area contributed by atoms with Crippen molar-refractivity contribution in [2.45, 2.75) is 18.5 Å².